The standard InChI is InChI=1S/C25H18FN5O2S/c1-14-6-8-15(9-7-14)13-34-24-28-22(32)21-17-4-2-3-5-19(17)29-25(31(21)30-24)18-12-16(26)10-11-20(18)27-23(25)33/h2-12H,13H2,1H3,(H,27,33)(H,28,30,32). The highest BCUT2D eigenvalue weighted by molar-refractivity contribution is 8.13. The van der Waals surface area contributed by atoms with Crippen LogP contribution in [0.1, 0.15) is 16.7 Å². The summed E-state index contributed by atoms with van der Waals surface area (Å²) in [6.07, 6.45) is 0. The van der Waals surface area contributed by atoms with Gasteiger partial charge in [-0.25, -0.2) is 14.4 Å². The third kappa shape index (κ3) is 3.04. The van der Waals surface area contributed by atoms with Crippen molar-refractivity contribution in [3.63, 3.8) is 0 Å². The lowest BCUT2D eigenvalue weighted by atomic mass is 9.97. The average Bonchev–Trinajstić information content (AvgIpc) is 3.10. The van der Waals surface area contributed by atoms with Crippen molar-refractivity contribution in [1.82, 2.24) is 10.3 Å². The predicted molar refractivity (Wildman–Crippen MR) is 127 cm³/mol. The second-order valence-corrected chi connectivity index (χ2v) is 9.20. The van der Waals surface area contributed by atoms with E-state index in [0.29, 0.717) is 32.7 Å². The van der Waals surface area contributed by atoms with E-state index in [1.54, 1.807) is 24.3 Å². The summed E-state index contributed by atoms with van der Waals surface area (Å²) < 4.78 is 14.3. The Morgan fingerprint density at radius 3 is 2.65 bits per heavy atom. The molecule has 3 aliphatic heterocycles. The number of nitrogens with zero attached hydrogens (tertiary/aromatic N) is 3. The number of amidine groups is 1. The molecule has 6 rings (SSSR count). The van der Waals surface area contributed by atoms with Crippen LogP contribution in [0.15, 0.2) is 76.8 Å². The number of anilines is 1. The van der Waals surface area contributed by atoms with Crippen molar-refractivity contribution < 1.29 is 14.0 Å². The zero-order chi connectivity index (χ0) is 23.4. The van der Waals surface area contributed by atoms with Gasteiger partial charge in [0.2, 0.25) is 0 Å². The molecule has 7 nitrogen and oxygen atoms in total. The van der Waals surface area contributed by atoms with Crippen LogP contribution in [0, 0.1) is 12.7 Å². The number of carbonyl (C=O) groups is 2. The van der Waals surface area contributed by atoms with Gasteiger partial charge in [-0.1, -0.05) is 59.8 Å². The smallest absolute Gasteiger partial charge is 0.279 e. The van der Waals surface area contributed by atoms with E-state index < -0.39 is 23.3 Å². The Hall–Kier alpha value is -3.98. The topological polar surface area (TPSA) is 86.2 Å². The summed E-state index contributed by atoms with van der Waals surface area (Å²) in [6.45, 7) is 2.02. The summed E-state index contributed by atoms with van der Waals surface area (Å²) in [5, 5.41) is 13.0. The Morgan fingerprint density at radius 2 is 1.82 bits per heavy atom. The maximum absolute atomic E-state index is 14.3. The van der Waals surface area contributed by atoms with Crippen molar-refractivity contribution >= 4 is 40.1 Å². The Morgan fingerprint density at radius 1 is 1.03 bits per heavy atom. The lowest BCUT2D eigenvalue weighted by Gasteiger charge is -2.39. The van der Waals surface area contributed by atoms with Gasteiger partial charge in [0.05, 0.1) is 5.36 Å². The molecule has 0 saturated carbocycles. The molecule has 34 heavy (non-hydrogen) atoms. The van der Waals surface area contributed by atoms with Gasteiger partial charge in [0.15, 0.2) is 5.17 Å². The van der Waals surface area contributed by atoms with Crippen LogP contribution in [0.4, 0.5) is 10.1 Å². The number of hydrogen-bond acceptors (Lipinski definition) is 6. The lowest BCUT2D eigenvalue weighted by molar-refractivity contribution is -0.127. The van der Waals surface area contributed by atoms with Crippen LogP contribution in [0.3, 0.4) is 0 Å². The first kappa shape index (κ1) is 20.6. The second kappa shape index (κ2) is 7.53. The van der Waals surface area contributed by atoms with Crippen molar-refractivity contribution in [2.45, 2.75) is 18.3 Å². The second-order valence-electron chi connectivity index (χ2n) is 8.24. The molecule has 0 fully saturated rings. The summed E-state index contributed by atoms with van der Waals surface area (Å²) in [6, 6.07) is 19.2. The molecule has 0 bridgehead atoms. The lowest BCUT2D eigenvalue weighted by Crippen LogP contribution is -2.59. The molecule has 3 aromatic rings. The number of benzene rings is 3. The van der Waals surface area contributed by atoms with E-state index in [0.717, 1.165) is 11.1 Å². The molecule has 3 heterocycles. The molecule has 1 atom stereocenters. The average molecular weight is 472 g/mol. The van der Waals surface area contributed by atoms with Crippen LogP contribution >= 0.6 is 11.8 Å². The van der Waals surface area contributed by atoms with Crippen molar-refractivity contribution in [2.75, 3.05) is 5.32 Å². The maximum Gasteiger partial charge on any atom is 0.279 e. The Bertz CT molecular complexity index is 1540. The van der Waals surface area contributed by atoms with Gasteiger partial charge < -0.3 is 5.32 Å². The highest BCUT2D eigenvalue weighted by Gasteiger charge is 2.56. The fourth-order valence-corrected chi connectivity index (χ4v) is 5.15. The molecule has 3 aromatic carbocycles. The van der Waals surface area contributed by atoms with Gasteiger partial charge >= 0.3 is 0 Å². The number of amides is 2. The first-order valence-corrected chi connectivity index (χ1v) is 11.6. The molecule has 0 aliphatic carbocycles. The third-order valence-corrected chi connectivity index (χ3v) is 6.94. The monoisotopic (exact) mass is 471 g/mol. The van der Waals surface area contributed by atoms with E-state index in [9.17, 15) is 14.0 Å². The first-order valence-electron chi connectivity index (χ1n) is 10.6. The van der Waals surface area contributed by atoms with Crippen LogP contribution < -0.4 is 21.2 Å². The largest absolute Gasteiger partial charge is 0.321 e. The molecule has 1 spiro atoms. The van der Waals surface area contributed by atoms with Crippen molar-refractivity contribution in [3.05, 3.63) is 99.8 Å². The highest BCUT2D eigenvalue weighted by atomic mass is 32.2. The minimum atomic E-state index is -1.73. The highest BCUT2D eigenvalue weighted by Crippen LogP contribution is 2.45. The number of nitrogens with one attached hydrogen (secondary N) is 2. The van der Waals surface area contributed by atoms with Gasteiger partial charge in [-0.05, 0) is 36.8 Å². The quantitative estimate of drug-likeness (QED) is 0.601. The number of para-hydroxylation sites is 1. The Balaban J connectivity index is 1.52. The summed E-state index contributed by atoms with van der Waals surface area (Å²) in [5.41, 5.74) is 1.43. The third-order valence-electron chi connectivity index (χ3n) is 6.00. The number of hydrogen-bond donors (Lipinski definition) is 2. The van der Waals surface area contributed by atoms with Gasteiger partial charge in [-0.2, -0.15) is 0 Å². The molecular formula is C25H18FN5O2S. The Labute approximate surface area is 198 Å². The molecule has 3 aliphatic rings. The van der Waals surface area contributed by atoms with E-state index in [4.69, 9.17) is 4.99 Å². The van der Waals surface area contributed by atoms with Gasteiger partial charge in [-0.3, -0.25) is 14.9 Å². The van der Waals surface area contributed by atoms with Crippen molar-refractivity contribution in [3.8, 4) is 0 Å². The van der Waals surface area contributed by atoms with E-state index >= 15 is 0 Å². The molecule has 0 radical (unpaired) electrons. The number of rotatable bonds is 2. The van der Waals surface area contributed by atoms with Crippen LogP contribution in [0.25, 0.3) is 5.70 Å². The fraction of sp³-hybridized carbons (Fsp3) is 0.120. The molecule has 0 saturated heterocycles. The number of aryl methyl sites for hydroxylation is 1. The van der Waals surface area contributed by atoms with Crippen LogP contribution in [-0.2, 0) is 21.0 Å². The number of halogens is 1. The van der Waals surface area contributed by atoms with E-state index in [-0.39, 0.29) is 5.70 Å². The SMILES string of the molecule is Cc1ccc(CSC2=NN3C(=c4ccccc4=NC34C(=O)Nc3ccc(F)cc34)C(=O)N2)cc1. The van der Waals surface area contributed by atoms with Crippen LogP contribution in [0.2, 0.25) is 0 Å². The number of fused-ring (bicyclic) bond motifs is 5. The molecule has 1 unspecified atom stereocenters. The molecule has 2 N–H and O–H groups in total. The normalized spacial score (nSPS) is 20.1. The summed E-state index contributed by atoms with van der Waals surface area (Å²) in [5.74, 6) is -0.840. The molecule has 168 valence electrons. The minimum Gasteiger partial charge on any atom is -0.321 e. The number of hydrazone groups is 1. The summed E-state index contributed by atoms with van der Waals surface area (Å²) in [7, 11) is 0. The molecule has 9 heteroatoms. The number of thioether (sulfide) groups is 1. The van der Waals surface area contributed by atoms with Gasteiger partial charge in [0.1, 0.15) is 11.5 Å². The zero-order valence-electron chi connectivity index (χ0n) is 18.0. The van der Waals surface area contributed by atoms with Gasteiger partial charge in [0, 0.05) is 22.2 Å². The van der Waals surface area contributed by atoms with E-state index in [2.05, 4.69) is 15.7 Å². The van der Waals surface area contributed by atoms with Gasteiger partial charge in [-0.15, -0.1) is 5.10 Å². The molecular weight excluding hydrogens is 453 g/mol. The summed E-state index contributed by atoms with van der Waals surface area (Å²) in [4.78, 5) is 31.5. The van der Waals surface area contributed by atoms with Crippen molar-refractivity contribution in [2.24, 2.45) is 10.1 Å². The summed E-state index contributed by atoms with van der Waals surface area (Å²) >= 11 is 1.34. The van der Waals surface area contributed by atoms with Crippen LogP contribution in [-0.4, -0.2) is 22.0 Å². The van der Waals surface area contributed by atoms with E-state index in [1.165, 1.54) is 35.0 Å². The zero-order valence-corrected chi connectivity index (χ0v) is 18.8. The van der Waals surface area contributed by atoms with Crippen LogP contribution in [0.5, 0.6) is 0 Å². The van der Waals surface area contributed by atoms with E-state index in [1.807, 2.05) is 31.2 Å². The molecule has 0 aromatic heterocycles. The Kier molecular flexibility index (Phi) is 4.56. The maximum atomic E-state index is 14.3. The molecule has 2 amide bonds. The number of carbonyl (C=O) groups excluding carboxylic acids is 2. The first-order chi connectivity index (χ1) is 16.5. The predicted octanol–water partition coefficient (Wildman–Crippen LogP) is 2.32. The van der Waals surface area contributed by atoms with Crippen molar-refractivity contribution in [1.29, 1.82) is 0 Å². The fourth-order valence-electron chi connectivity index (χ4n) is 4.35. The minimum absolute atomic E-state index is 0.192. The van der Waals surface area contributed by atoms with Gasteiger partial charge in [0.25, 0.3) is 17.5 Å².